The van der Waals surface area contributed by atoms with Crippen LogP contribution < -0.4 is 21.3 Å². The number of nitrogens with one attached hydrogen (secondary N) is 4. The van der Waals surface area contributed by atoms with Crippen molar-refractivity contribution in [1.29, 1.82) is 0 Å². The highest BCUT2D eigenvalue weighted by atomic mass is 16.3. The van der Waals surface area contributed by atoms with Gasteiger partial charge in [0.15, 0.2) is 5.65 Å². The van der Waals surface area contributed by atoms with Crippen molar-refractivity contribution in [3.05, 3.63) is 52.8 Å². The van der Waals surface area contributed by atoms with E-state index in [0.717, 1.165) is 24.0 Å². The van der Waals surface area contributed by atoms with Crippen LogP contribution in [0.5, 0.6) is 0 Å². The van der Waals surface area contributed by atoms with Crippen LogP contribution in [0.2, 0.25) is 0 Å². The number of anilines is 2. The number of aliphatic hydroxyl groups is 1. The number of carbonyl (C=O) groups excluding carboxylic acids is 2. The van der Waals surface area contributed by atoms with E-state index in [2.05, 4.69) is 36.3 Å². The third-order valence-electron chi connectivity index (χ3n) is 5.81. The number of aromatic nitrogens is 4. The maximum absolute atomic E-state index is 11.9. The smallest absolute Gasteiger partial charge is 0.326 e. The summed E-state index contributed by atoms with van der Waals surface area (Å²) in [5, 5.41) is 26.3. The molecule has 162 valence electrons. The molecule has 2 aromatic heterocycles. The van der Waals surface area contributed by atoms with E-state index in [1.807, 2.05) is 24.3 Å². The molecule has 2 atom stereocenters. The Balaban J connectivity index is 1.41. The van der Waals surface area contributed by atoms with Crippen molar-refractivity contribution in [3.63, 3.8) is 0 Å². The van der Waals surface area contributed by atoms with E-state index in [4.69, 9.17) is 0 Å². The van der Waals surface area contributed by atoms with Gasteiger partial charge in [-0.15, -0.1) is 0 Å². The quantitative estimate of drug-likeness (QED) is 0.296. The normalized spacial score (nSPS) is 23.3. The summed E-state index contributed by atoms with van der Waals surface area (Å²) in [7, 11) is 0. The van der Waals surface area contributed by atoms with Gasteiger partial charge in [0, 0.05) is 18.0 Å². The third-order valence-corrected chi connectivity index (χ3v) is 5.81. The number of imide groups is 1. The van der Waals surface area contributed by atoms with Crippen LogP contribution in [0.1, 0.15) is 35.6 Å². The number of aliphatic hydroxyl groups excluding tert-OH is 1. The van der Waals surface area contributed by atoms with Gasteiger partial charge >= 0.3 is 6.03 Å². The van der Waals surface area contributed by atoms with Crippen LogP contribution in [0, 0.1) is 0 Å². The molecule has 3 aromatic rings. The number of carbonyl (C=O) groups is 2. The zero-order valence-corrected chi connectivity index (χ0v) is 16.9. The van der Waals surface area contributed by atoms with Crippen LogP contribution in [0.25, 0.3) is 11.7 Å². The SMILES string of the molecule is O=C1NC(=O)/C(=C/c2cnn3c(NC4CC4)nc(N[C@H]4c5ccccc5C[C@@H]4O)nc23)N1. The zero-order valence-electron chi connectivity index (χ0n) is 16.9. The first kappa shape index (κ1) is 18.8. The Labute approximate surface area is 181 Å². The van der Waals surface area contributed by atoms with Crippen molar-refractivity contribution in [1.82, 2.24) is 30.2 Å². The second kappa shape index (κ2) is 7.02. The number of fused-ring (bicyclic) bond motifs is 2. The van der Waals surface area contributed by atoms with Crippen LogP contribution in [-0.2, 0) is 11.2 Å². The molecule has 3 amide bonds. The molecule has 2 aliphatic carbocycles. The van der Waals surface area contributed by atoms with Gasteiger partial charge in [0.2, 0.25) is 11.9 Å². The molecule has 1 saturated heterocycles. The predicted octanol–water partition coefficient (Wildman–Crippen LogP) is 0.949. The fourth-order valence-corrected chi connectivity index (χ4v) is 4.09. The minimum Gasteiger partial charge on any atom is -0.390 e. The van der Waals surface area contributed by atoms with Crippen molar-refractivity contribution in [2.45, 2.75) is 37.5 Å². The minimum atomic E-state index is -0.601. The summed E-state index contributed by atoms with van der Waals surface area (Å²) in [6.07, 6.45) is 5.15. The van der Waals surface area contributed by atoms with Crippen LogP contribution >= 0.6 is 0 Å². The Bertz CT molecular complexity index is 1300. The monoisotopic (exact) mass is 432 g/mol. The first-order valence-corrected chi connectivity index (χ1v) is 10.4. The number of rotatable bonds is 5. The van der Waals surface area contributed by atoms with E-state index >= 15 is 0 Å². The lowest BCUT2D eigenvalue weighted by Gasteiger charge is -2.18. The highest BCUT2D eigenvalue weighted by molar-refractivity contribution is 6.14. The van der Waals surface area contributed by atoms with Gasteiger partial charge < -0.3 is 21.1 Å². The van der Waals surface area contributed by atoms with Crippen LogP contribution in [0.3, 0.4) is 0 Å². The number of hydrogen-bond donors (Lipinski definition) is 5. The number of urea groups is 1. The lowest BCUT2D eigenvalue weighted by Crippen LogP contribution is -2.23. The summed E-state index contributed by atoms with van der Waals surface area (Å²) in [6, 6.07) is 7.31. The molecule has 1 aliphatic heterocycles. The van der Waals surface area contributed by atoms with Crippen LogP contribution in [-0.4, -0.2) is 48.8 Å². The molecule has 11 heteroatoms. The van der Waals surface area contributed by atoms with E-state index in [1.165, 1.54) is 6.08 Å². The number of amides is 3. The van der Waals surface area contributed by atoms with Crippen molar-refractivity contribution in [2.24, 2.45) is 0 Å². The lowest BCUT2D eigenvalue weighted by molar-refractivity contribution is -0.115. The van der Waals surface area contributed by atoms with Gasteiger partial charge in [0.05, 0.1) is 18.3 Å². The Morgan fingerprint density at radius 2 is 1.97 bits per heavy atom. The highest BCUT2D eigenvalue weighted by Crippen LogP contribution is 2.34. The van der Waals surface area contributed by atoms with Gasteiger partial charge in [0.25, 0.3) is 5.91 Å². The second-order valence-electron chi connectivity index (χ2n) is 8.18. The van der Waals surface area contributed by atoms with Gasteiger partial charge in [-0.05, 0) is 30.0 Å². The van der Waals surface area contributed by atoms with E-state index in [1.54, 1.807) is 10.7 Å². The fraction of sp³-hybridized carbons (Fsp3) is 0.286. The Hall–Kier alpha value is -3.99. The standard InChI is InChI=1S/C21H20N8O3/c30-15-8-10-3-1-2-4-13(10)16(15)25-19-26-17-11(7-14-18(31)27-21(32)24-14)9-22-29(17)20(28-19)23-12-5-6-12/h1-4,7,9,12,15-16,30H,5-6,8H2,(H2,23,25,26,28)(H2,24,27,31,32)/b14-7-/t15-,16-/m0/s1. The highest BCUT2D eigenvalue weighted by Gasteiger charge is 2.32. The molecule has 3 heterocycles. The minimum absolute atomic E-state index is 0.120. The first-order chi connectivity index (χ1) is 15.5. The molecule has 1 aromatic carbocycles. The molecule has 6 rings (SSSR count). The van der Waals surface area contributed by atoms with Crippen molar-refractivity contribution in [3.8, 4) is 0 Å². The van der Waals surface area contributed by atoms with Crippen LogP contribution in [0.4, 0.5) is 16.7 Å². The fourth-order valence-electron chi connectivity index (χ4n) is 4.09. The summed E-state index contributed by atoms with van der Waals surface area (Å²) >= 11 is 0. The lowest BCUT2D eigenvalue weighted by atomic mass is 10.1. The van der Waals surface area contributed by atoms with E-state index in [0.29, 0.717) is 35.6 Å². The van der Waals surface area contributed by atoms with Gasteiger partial charge in [0.1, 0.15) is 5.70 Å². The zero-order chi connectivity index (χ0) is 21.8. The van der Waals surface area contributed by atoms with E-state index < -0.39 is 18.0 Å². The third kappa shape index (κ3) is 3.23. The molecule has 0 unspecified atom stereocenters. The Morgan fingerprint density at radius 3 is 2.75 bits per heavy atom. The molecule has 3 aliphatic rings. The Morgan fingerprint density at radius 1 is 1.12 bits per heavy atom. The van der Waals surface area contributed by atoms with Gasteiger partial charge in [-0.2, -0.15) is 19.6 Å². The van der Waals surface area contributed by atoms with Crippen molar-refractivity contribution < 1.29 is 14.7 Å². The van der Waals surface area contributed by atoms with Gasteiger partial charge in [-0.25, -0.2) is 4.79 Å². The summed E-state index contributed by atoms with van der Waals surface area (Å²) in [5.74, 6) is 0.343. The number of nitrogens with zero attached hydrogens (tertiary/aromatic N) is 4. The average molecular weight is 432 g/mol. The molecule has 32 heavy (non-hydrogen) atoms. The summed E-state index contributed by atoms with van der Waals surface area (Å²) in [4.78, 5) is 32.6. The number of hydrogen-bond acceptors (Lipinski definition) is 8. The largest absolute Gasteiger partial charge is 0.390 e. The predicted molar refractivity (Wildman–Crippen MR) is 115 cm³/mol. The molecule has 11 nitrogen and oxygen atoms in total. The van der Waals surface area contributed by atoms with E-state index in [-0.39, 0.29) is 11.7 Å². The van der Waals surface area contributed by atoms with Crippen molar-refractivity contribution in [2.75, 3.05) is 10.6 Å². The van der Waals surface area contributed by atoms with E-state index in [9.17, 15) is 14.7 Å². The Kier molecular flexibility index (Phi) is 4.12. The second-order valence-corrected chi connectivity index (χ2v) is 8.18. The number of benzene rings is 1. The molecule has 5 N–H and O–H groups in total. The molecule has 0 spiro atoms. The summed E-state index contributed by atoms with van der Waals surface area (Å²) in [6.45, 7) is 0. The molecule has 1 saturated carbocycles. The first-order valence-electron chi connectivity index (χ1n) is 10.4. The maximum atomic E-state index is 11.9. The molecule has 2 fully saturated rings. The average Bonchev–Trinajstić information content (AvgIpc) is 3.29. The van der Waals surface area contributed by atoms with Crippen molar-refractivity contribution >= 4 is 35.6 Å². The van der Waals surface area contributed by atoms with Crippen LogP contribution in [0.15, 0.2) is 36.2 Å². The summed E-state index contributed by atoms with van der Waals surface area (Å²) < 4.78 is 1.57. The maximum Gasteiger partial charge on any atom is 0.326 e. The van der Waals surface area contributed by atoms with Gasteiger partial charge in [-0.1, -0.05) is 24.3 Å². The van der Waals surface area contributed by atoms with Gasteiger partial charge in [-0.3, -0.25) is 10.1 Å². The summed E-state index contributed by atoms with van der Waals surface area (Å²) in [5.41, 5.74) is 3.24. The molecular formula is C21H20N8O3. The molecule has 0 bridgehead atoms. The molecular weight excluding hydrogens is 412 g/mol. The topological polar surface area (TPSA) is 146 Å². The molecule has 0 radical (unpaired) electrons.